The molecule has 1 aromatic heterocycles. The lowest BCUT2D eigenvalue weighted by Gasteiger charge is -2.31. The molecule has 3 heterocycles. The molecule has 0 radical (unpaired) electrons. The van der Waals surface area contributed by atoms with Gasteiger partial charge in [0.1, 0.15) is 0 Å². The van der Waals surface area contributed by atoms with Crippen molar-refractivity contribution < 1.29 is 9.53 Å². The van der Waals surface area contributed by atoms with Crippen molar-refractivity contribution in [3.05, 3.63) is 29.1 Å². The largest absolute Gasteiger partial charge is 0.469 e. The minimum atomic E-state index is -0.0792. The first-order chi connectivity index (χ1) is 11.6. The standard InChI is InChI=1S/C18H24BN3O2/c1-13-7-15(16-8-19(9-16)12-20)10-21-17(13)11-22-5-3-14(4-6-22)18(23)24-2/h7,10,14,16H,3-6,8-9,11H2,1-2H3. The van der Waals surface area contributed by atoms with Crippen molar-refractivity contribution in [1.82, 2.24) is 9.88 Å². The molecule has 126 valence electrons. The lowest BCUT2D eigenvalue weighted by molar-refractivity contribution is -0.147. The SMILES string of the molecule is COC(=O)C1CCN(Cc2ncc(C3CB(C#N)C3)cc2C)CC1. The molecule has 2 aliphatic heterocycles. The highest BCUT2D eigenvalue weighted by Crippen LogP contribution is 2.37. The van der Waals surface area contributed by atoms with Gasteiger partial charge in [-0.05, 0) is 49.9 Å². The molecule has 6 heteroatoms. The average Bonchev–Trinajstić information content (AvgIpc) is 2.56. The molecule has 2 saturated heterocycles. The molecule has 0 bridgehead atoms. The fraction of sp³-hybridized carbons (Fsp3) is 0.611. The van der Waals surface area contributed by atoms with Gasteiger partial charge in [0.25, 0.3) is 6.71 Å². The summed E-state index contributed by atoms with van der Waals surface area (Å²) in [5, 5.41) is 8.90. The van der Waals surface area contributed by atoms with E-state index in [0.29, 0.717) is 5.92 Å². The summed E-state index contributed by atoms with van der Waals surface area (Å²) in [5.41, 5.74) is 3.61. The first-order valence-corrected chi connectivity index (χ1v) is 8.76. The Labute approximate surface area is 144 Å². The summed E-state index contributed by atoms with van der Waals surface area (Å²) in [7, 11) is 1.46. The van der Waals surface area contributed by atoms with Gasteiger partial charge < -0.3 is 4.74 Å². The van der Waals surface area contributed by atoms with Crippen molar-refractivity contribution in [2.45, 2.75) is 44.9 Å². The Morgan fingerprint density at radius 1 is 1.46 bits per heavy atom. The molecule has 0 amide bonds. The number of pyridine rings is 1. The van der Waals surface area contributed by atoms with Gasteiger partial charge in [0, 0.05) is 18.7 Å². The predicted octanol–water partition coefficient (Wildman–Crippen LogP) is 2.43. The van der Waals surface area contributed by atoms with Gasteiger partial charge in [-0.15, -0.1) is 0 Å². The molecule has 24 heavy (non-hydrogen) atoms. The van der Waals surface area contributed by atoms with E-state index < -0.39 is 0 Å². The molecule has 0 atom stereocenters. The minimum Gasteiger partial charge on any atom is -0.469 e. The Morgan fingerprint density at radius 2 is 2.17 bits per heavy atom. The number of aryl methyl sites for hydroxylation is 1. The van der Waals surface area contributed by atoms with Crippen molar-refractivity contribution in [2.75, 3.05) is 20.2 Å². The summed E-state index contributed by atoms with van der Waals surface area (Å²) in [6.45, 7) is 5.01. The zero-order valence-electron chi connectivity index (χ0n) is 14.5. The number of ether oxygens (including phenoxy) is 1. The van der Waals surface area contributed by atoms with E-state index in [0.717, 1.165) is 50.8 Å². The van der Waals surface area contributed by atoms with E-state index in [1.54, 1.807) is 0 Å². The predicted molar refractivity (Wildman–Crippen MR) is 92.7 cm³/mol. The molecule has 5 nitrogen and oxygen atoms in total. The number of esters is 1. The van der Waals surface area contributed by atoms with Gasteiger partial charge in [-0.1, -0.05) is 18.7 Å². The number of carbonyl (C=O) groups is 1. The Bertz CT molecular complexity index is 644. The molecule has 0 unspecified atom stereocenters. The van der Waals surface area contributed by atoms with Crippen LogP contribution in [-0.4, -0.2) is 42.8 Å². The first-order valence-electron chi connectivity index (χ1n) is 8.76. The average molecular weight is 325 g/mol. The zero-order chi connectivity index (χ0) is 17.1. The molecule has 0 aromatic carbocycles. The minimum absolute atomic E-state index is 0.0504. The third kappa shape index (κ3) is 3.62. The van der Waals surface area contributed by atoms with Crippen LogP contribution in [0.15, 0.2) is 12.3 Å². The molecular weight excluding hydrogens is 301 g/mol. The number of likely N-dealkylation sites (tertiary alicyclic amines) is 1. The molecule has 1 aromatic rings. The van der Waals surface area contributed by atoms with Gasteiger partial charge in [0.15, 0.2) is 0 Å². The van der Waals surface area contributed by atoms with Gasteiger partial charge in [-0.25, -0.2) is 5.26 Å². The first kappa shape index (κ1) is 17.0. The highest BCUT2D eigenvalue weighted by Gasteiger charge is 2.34. The Hall–Kier alpha value is -1.87. The second kappa shape index (κ2) is 7.35. The highest BCUT2D eigenvalue weighted by molar-refractivity contribution is 6.70. The molecule has 2 aliphatic rings. The molecule has 0 N–H and O–H groups in total. The van der Waals surface area contributed by atoms with Gasteiger partial charge in [-0.3, -0.25) is 14.7 Å². The van der Waals surface area contributed by atoms with Crippen molar-refractivity contribution in [2.24, 2.45) is 5.92 Å². The van der Waals surface area contributed by atoms with E-state index >= 15 is 0 Å². The van der Waals surface area contributed by atoms with Crippen LogP contribution in [0.1, 0.15) is 35.6 Å². The topological polar surface area (TPSA) is 66.2 Å². The number of nitriles is 1. The third-order valence-electron chi connectivity index (χ3n) is 5.50. The second-order valence-electron chi connectivity index (χ2n) is 7.10. The Morgan fingerprint density at radius 3 is 2.75 bits per heavy atom. The maximum Gasteiger partial charge on any atom is 0.308 e. The van der Waals surface area contributed by atoms with E-state index in [4.69, 9.17) is 10.00 Å². The quantitative estimate of drug-likeness (QED) is 0.628. The molecule has 0 spiro atoms. The monoisotopic (exact) mass is 325 g/mol. The Balaban J connectivity index is 1.55. The second-order valence-corrected chi connectivity index (χ2v) is 7.10. The fourth-order valence-electron chi connectivity index (χ4n) is 3.71. The number of methoxy groups -OCH3 is 1. The van der Waals surface area contributed by atoms with Gasteiger partial charge in [0.2, 0.25) is 0 Å². The van der Waals surface area contributed by atoms with Crippen molar-refractivity contribution in [3.8, 4) is 5.97 Å². The Kier molecular flexibility index (Phi) is 5.20. The number of carbonyl (C=O) groups excluding carboxylic acids is 1. The van der Waals surface area contributed by atoms with Crippen LogP contribution in [0.4, 0.5) is 0 Å². The van der Waals surface area contributed by atoms with E-state index in [1.165, 1.54) is 18.2 Å². The zero-order valence-corrected chi connectivity index (χ0v) is 14.5. The summed E-state index contributed by atoms with van der Waals surface area (Å²) < 4.78 is 4.84. The van der Waals surface area contributed by atoms with Crippen molar-refractivity contribution in [1.29, 1.82) is 5.26 Å². The number of hydrogen-bond acceptors (Lipinski definition) is 5. The lowest BCUT2D eigenvalue weighted by atomic mass is 9.32. The van der Waals surface area contributed by atoms with E-state index in [2.05, 4.69) is 28.8 Å². The van der Waals surface area contributed by atoms with E-state index in [9.17, 15) is 4.79 Å². The number of hydrogen-bond donors (Lipinski definition) is 0. The smallest absolute Gasteiger partial charge is 0.308 e. The van der Waals surface area contributed by atoms with E-state index in [-0.39, 0.29) is 18.6 Å². The van der Waals surface area contributed by atoms with Crippen LogP contribution in [0.5, 0.6) is 0 Å². The maximum atomic E-state index is 11.6. The fourth-order valence-corrected chi connectivity index (χ4v) is 3.71. The van der Waals surface area contributed by atoms with Crippen LogP contribution in [0.25, 0.3) is 0 Å². The van der Waals surface area contributed by atoms with Crippen LogP contribution in [0.2, 0.25) is 12.6 Å². The van der Waals surface area contributed by atoms with Crippen molar-refractivity contribution in [3.63, 3.8) is 0 Å². The highest BCUT2D eigenvalue weighted by atomic mass is 16.5. The van der Waals surface area contributed by atoms with Crippen LogP contribution in [0, 0.1) is 24.1 Å². The van der Waals surface area contributed by atoms with Crippen LogP contribution in [-0.2, 0) is 16.1 Å². The molecule has 3 rings (SSSR count). The van der Waals surface area contributed by atoms with Gasteiger partial charge in [-0.2, -0.15) is 0 Å². The van der Waals surface area contributed by atoms with Gasteiger partial charge >= 0.3 is 5.97 Å². The number of aromatic nitrogens is 1. The molecule has 0 saturated carbocycles. The summed E-state index contributed by atoms with van der Waals surface area (Å²) in [6.07, 6.45) is 5.65. The normalized spacial score (nSPS) is 19.6. The molecular formula is C18H24BN3O2. The van der Waals surface area contributed by atoms with Crippen molar-refractivity contribution >= 4 is 12.7 Å². The number of piperidine rings is 1. The van der Waals surface area contributed by atoms with Crippen LogP contribution >= 0.6 is 0 Å². The summed E-state index contributed by atoms with van der Waals surface area (Å²) >= 11 is 0. The van der Waals surface area contributed by atoms with Crippen LogP contribution < -0.4 is 0 Å². The maximum absolute atomic E-state index is 11.6. The summed E-state index contributed by atoms with van der Waals surface area (Å²) in [5.74, 6) is 2.81. The van der Waals surface area contributed by atoms with Gasteiger partial charge in [0.05, 0.1) is 18.7 Å². The number of nitrogens with zero attached hydrogens (tertiary/aromatic N) is 3. The third-order valence-corrected chi connectivity index (χ3v) is 5.50. The van der Waals surface area contributed by atoms with Crippen LogP contribution in [0.3, 0.4) is 0 Å². The number of rotatable bonds is 4. The lowest BCUT2D eigenvalue weighted by Crippen LogP contribution is -2.36. The molecule has 2 fully saturated rings. The summed E-state index contributed by atoms with van der Waals surface area (Å²) in [4.78, 5) is 18.6. The summed E-state index contributed by atoms with van der Waals surface area (Å²) in [6, 6.07) is 2.24. The molecule has 0 aliphatic carbocycles. The van der Waals surface area contributed by atoms with E-state index in [1.807, 2.05) is 6.20 Å².